The summed E-state index contributed by atoms with van der Waals surface area (Å²) in [6.07, 6.45) is -0.762. The van der Waals surface area contributed by atoms with Crippen molar-refractivity contribution in [1.82, 2.24) is 4.90 Å². The average molecular weight is 333 g/mol. The first-order valence-electron chi connectivity index (χ1n) is 7.58. The van der Waals surface area contributed by atoms with Gasteiger partial charge >= 0.3 is 5.97 Å². The highest BCUT2D eigenvalue weighted by Crippen LogP contribution is 2.48. The lowest BCUT2D eigenvalue weighted by molar-refractivity contribution is -0.163. The number of fused-ring (bicyclic) bond motifs is 1. The summed E-state index contributed by atoms with van der Waals surface area (Å²) in [6.45, 7) is 3.53. The number of amides is 1. The number of aliphatic hydroxyl groups is 1. The molecule has 1 saturated heterocycles. The van der Waals surface area contributed by atoms with Gasteiger partial charge in [-0.1, -0.05) is 25.1 Å². The second-order valence-corrected chi connectivity index (χ2v) is 7.08. The van der Waals surface area contributed by atoms with Crippen LogP contribution in [0.25, 0.3) is 0 Å². The molecule has 2 heterocycles. The summed E-state index contributed by atoms with van der Waals surface area (Å²) in [4.78, 5) is 26.3. The number of carboxylic acids is 1. The minimum atomic E-state index is -1.07. The number of hydrogen-bond acceptors (Lipinski definition) is 4. The normalized spacial score (nSPS) is 27.7. The number of hydrogen-bond donors (Lipinski definition) is 2. The van der Waals surface area contributed by atoms with E-state index in [2.05, 4.69) is 0 Å². The second-order valence-electron chi connectivity index (χ2n) is 6.03. The van der Waals surface area contributed by atoms with E-state index < -0.39 is 18.0 Å². The Labute approximate surface area is 139 Å². The van der Waals surface area contributed by atoms with Crippen molar-refractivity contribution in [3.05, 3.63) is 41.6 Å². The molecule has 1 amide bonds. The van der Waals surface area contributed by atoms with Crippen LogP contribution in [-0.2, 0) is 9.59 Å². The number of nitrogens with zero attached hydrogens (tertiary/aromatic N) is 1. The van der Waals surface area contributed by atoms with Gasteiger partial charge in [-0.3, -0.25) is 4.79 Å². The fraction of sp³-hybridized carbons (Fsp3) is 0.412. The first kappa shape index (κ1) is 16.1. The van der Waals surface area contributed by atoms with Crippen LogP contribution in [0.3, 0.4) is 0 Å². The molecule has 0 unspecified atom stereocenters. The van der Waals surface area contributed by atoms with Crippen molar-refractivity contribution in [1.29, 1.82) is 0 Å². The SMILES string of the molecule is C[C@@H](O)[C@H]1C(=O)N2C(C(=O)O)=C(CSc3ccccc3)[C@H](C)[C@H]12. The first-order chi connectivity index (χ1) is 10.9. The predicted molar refractivity (Wildman–Crippen MR) is 86.8 cm³/mol. The summed E-state index contributed by atoms with van der Waals surface area (Å²) < 4.78 is 0. The van der Waals surface area contributed by atoms with E-state index in [1.165, 1.54) is 4.90 Å². The molecular weight excluding hydrogens is 314 g/mol. The van der Waals surface area contributed by atoms with Crippen LogP contribution in [0.4, 0.5) is 0 Å². The Kier molecular flexibility index (Phi) is 4.21. The molecule has 0 saturated carbocycles. The summed E-state index contributed by atoms with van der Waals surface area (Å²) in [5.74, 6) is -1.39. The maximum Gasteiger partial charge on any atom is 0.352 e. The zero-order chi connectivity index (χ0) is 16.7. The van der Waals surface area contributed by atoms with Gasteiger partial charge in [0, 0.05) is 16.6 Å². The number of carbonyl (C=O) groups is 2. The Morgan fingerprint density at radius 2 is 2.00 bits per heavy atom. The molecule has 0 radical (unpaired) electrons. The van der Waals surface area contributed by atoms with Gasteiger partial charge in [0.15, 0.2) is 0 Å². The predicted octanol–water partition coefficient (Wildman–Crippen LogP) is 1.97. The molecule has 0 aliphatic carbocycles. The van der Waals surface area contributed by atoms with E-state index in [0.717, 1.165) is 10.5 Å². The van der Waals surface area contributed by atoms with E-state index >= 15 is 0 Å². The molecule has 122 valence electrons. The van der Waals surface area contributed by atoms with Crippen molar-refractivity contribution in [2.75, 3.05) is 5.75 Å². The van der Waals surface area contributed by atoms with Gasteiger partial charge < -0.3 is 15.1 Å². The molecule has 5 nitrogen and oxygen atoms in total. The summed E-state index contributed by atoms with van der Waals surface area (Å²) >= 11 is 1.56. The van der Waals surface area contributed by atoms with E-state index in [1.807, 2.05) is 37.3 Å². The van der Waals surface area contributed by atoms with Crippen molar-refractivity contribution in [2.45, 2.75) is 30.9 Å². The molecule has 2 N–H and O–H groups in total. The third kappa shape index (κ3) is 2.56. The first-order valence-corrected chi connectivity index (χ1v) is 8.57. The van der Waals surface area contributed by atoms with Crippen LogP contribution in [0.1, 0.15) is 13.8 Å². The molecule has 1 fully saturated rings. The molecule has 2 aliphatic rings. The van der Waals surface area contributed by atoms with Gasteiger partial charge in [0.05, 0.1) is 18.1 Å². The van der Waals surface area contributed by atoms with E-state index in [9.17, 15) is 19.8 Å². The molecule has 0 aromatic heterocycles. The Morgan fingerprint density at radius 1 is 1.35 bits per heavy atom. The average Bonchev–Trinajstić information content (AvgIpc) is 2.75. The highest BCUT2D eigenvalue weighted by Gasteiger charge is 2.59. The van der Waals surface area contributed by atoms with Gasteiger partial charge in [0.25, 0.3) is 0 Å². The van der Waals surface area contributed by atoms with Crippen molar-refractivity contribution >= 4 is 23.6 Å². The molecule has 0 spiro atoms. The van der Waals surface area contributed by atoms with Gasteiger partial charge in [0.2, 0.25) is 5.91 Å². The van der Waals surface area contributed by atoms with Crippen molar-refractivity contribution in [3.63, 3.8) is 0 Å². The zero-order valence-corrected chi connectivity index (χ0v) is 13.8. The lowest BCUT2D eigenvalue weighted by Crippen LogP contribution is -2.63. The summed E-state index contributed by atoms with van der Waals surface area (Å²) in [5, 5.41) is 19.3. The van der Waals surface area contributed by atoms with Crippen LogP contribution in [0.15, 0.2) is 46.5 Å². The topological polar surface area (TPSA) is 77.8 Å². The Balaban J connectivity index is 1.86. The quantitative estimate of drug-likeness (QED) is 0.636. The van der Waals surface area contributed by atoms with Gasteiger partial charge in [0.1, 0.15) is 5.70 Å². The molecule has 1 aromatic carbocycles. The largest absolute Gasteiger partial charge is 0.477 e. The van der Waals surface area contributed by atoms with Gasteiger partial charge in [-0.05, 0) is 24.6 Å². The van der Waals surface area contributed by atoms with Crippen molar-refractivity contribution < 1.29 is 19.8 Å². The summed E-state index contributed by atoms with van der Waals surface area (Å²) in [7, 11) is 0. The van der Waals surface area contributed by atoms with Crippen LogP contribution < -0.4 is 0 Å². The standard InChI is InChI=1S/C17H19NO4S/c1-9-12(8-23-11-6-4-3-5-7-11)15(17(21)22)18-14(9)13(10(2)19)16(18)20/h3-7,9-10,13-14,19H,8H2,1-2H3,(H,21,22)/t9-,10+,13+,14+/m0/s1. The molecule has 0 bridgehead atoms. The fourth-order valence-electron chi connectivity index (χ4n) is 3.51. The third-order valence-electron chi connectivity index (χ3n) is 4.66. The Morgan fingerprint density at radius 3 is 2.57 bits per heavy atom. The molecular formula is C17H19NO4S. The number of thioether (sulfide) groups is 1. The number of β-lactam (4-membered cyclic amide) rings is 1. The summed E-state index contributed by atoms with van der Waals surface area (Å²) in [5.41, 5.74) is 0.876. The van der Waals surface area contributed by atoms with Gasteiger partial charge in [-0.2, -0.15) is 0 Å². The number of carboxylic acid groups (broad SMARTS) is 1. The Bertz CT molecular complexity index is 670. The zero-order valence-electron chi connectivity index (χ0n) is 13.0. The van der Waals surface area contributed by atoms with Gasteiger partial charge in [-0.25, -0.2) is 4.79 Å². The number of aliphatic carboxylic acids is 1. The number of rotatable bonds is 5. The highest BCUT2D eigenvalue weighted by molar-refractivity contribution is 7.99. The fourth-order valence-corrected chi connectivity index (χ4v) is 4.58. The van der Waals surface area contributed by atoms with Crippen molar-refractivity contribution in [3.8, 4) is 0 Å². The lowest BCUT2D eigenvalue weighted by Gasteiger charge is -2.46. The van der Waals surface area contributed by atoms with E-state index in [0.29, 0.717) is 5.75 Å². The minimum Gasteiger partial charge on any atom is -0.477 e. The number of benzene rings is 1. The third-order valence-corrected chi connectivity index (χ3v) is 5.72. The van der Waals surface area contributed by atoms with Crippen LogP contribution in [0.5, 0.6) is 0 Å². The molecule has 6 heteroatoms. The van der Waals surface area contributed by atoms with Crippen LogP contribution in [0.2, 0.25) is 0 Å². The number of aliphatic hydroxyl groups excluding tert-OH is 1. The maximum absolute atomic E-state index is 12.2. The summed E-state index contributed by atoms with van der Waals surface area (Å²) in [6, 6.07) is 9.52. The molecule has 2 aliphatic heterocycles. The highest BCUT2D eigenvalue weighted by atomic mass is 32.2. The van der Waals surface area contributed by atoms with Crippen LogP contribution in [-0.4, -0.2) is 44.9 Å². The molecule has 4 atom stereocenters. The molecule has 23 heavy (non-hydrogen) atoms. The van der Waals surface area contributed by atoms with Crippen LogP contribution in [0, 0.1) is 11.8 Å². The number of carbonyl (C=O) groups excluding carboxylic acids is 1. The van der Waals surface area contributed by atoms with Crippen molar-refractivity contribution in [2.24, 2.45) is 11.8 Å². The molecule has 3 rings (SSSR count). The maximum atomic E-state index is 12.2. The Hall–Kier alpha value is -1.79. The van der Waals surface area contributed by atoms with E-state index in [1.54, 1.807) is 18.7 Å². The van der Waals surface area contributed by atoms with Gasteiger partial charge in [-0.15, -0.1) is 11.8 Å². The van der Waals surface area contributed by atoms with E-state index in [-0.39, 0.29) is 23.6 Å². The smallest absolute Gasteiger partial charge is 0.352 e. The lowest BCUT2D eigenvalue weighted by atomic mass is 9.78. The monoisotopic (exact) mass is 333 g/mol. The second kappa shape index (κ2) is 6.02. The molecule has 1 aromatic rings. The van der Waals surface area contributed by atoms with E-state index in [4.69, 9.17) is 0 Å². The minimum absolute atomic E-state index is 0.0605. The van der Waals surface area contributed by atoms with Crippen LogP contribution >= 0.6 is 11.8 Å².